The third-order valence-corrected chi connectivity index (χ3v) is 3.65. The third kappa shape index (κ3) is 12.7. The van der Waals surface area contributed by atoms with Crippen molar-refractivity contribution < 1.29 is 14.6 Å². The SMILES string of the molecule is CCCCC/C(=C/C/C=C(/C/C=C/CCCCC=O)[N+](=O)[O-])[N+](=O)[O-]. The van der Waals surface area contributed by atoms with Crippen molar-refractivity contribution >= 4 is 6.29 Å². The number of allylic oxidation sites excluding steroid dienone is 5. The molecule has 0 aromatic heterocycles. The van der Waals surface area contributed by atoms with Crippen molar-refractivity contribution in [3.8, 4) is 0 Å². The van der Waals surface area contributed by atoms with E-state index in [-0.39, 0.29) is 24.2 Å². The lowest BCUT2D eigenvalue weighted by Gasteiger charge is -1.98. The largest absolute Gasteiger partial charge is 0.303 e. The molecule has 0 rings (SSSR count). The molecule has 0 amide bonds. The zero-order chi connectivity index (χ0) is 18.9. The van der Waals surface area contributed by atoms with E-state index in [1.807, 2.05) is 13.0 Å². The lowest BCUT2D eigenvalue weighted by atomic mass is 10.1. The van der Waals surface area contributed by atoms with E-state index in [0.29, 0.717) is 12.8 Å². The summed E-state index contributed by atoms with van der Waals surface area (Å²) in [7, 11) is 0. The molecule has 0 spiro atoms. The summed E-state index contributed by atoms with van der Waals surface area (Å²) in [6, 6.07) is 0. The summed E-state index contributed by atoms with van der Waals surface area (Å²) < 4.78 is 0. The molecule has 0 radical (unpaired) electrons. The molecule has 0 saturated heterocycles. The molecule has 0 bridgehead atoms. The summed E-state index contributed by atoms with van der Waals surface area (Å²) in [5, 5.41) is 22.0. The number of nitro groups is 2. The average molecular weight is 352 g/mol. The molecule has 0 aliphatic carbocycles. The van der Waals surface area contributed by atoms with E-state index in [2.05, 4.69) is 0 Å². The fourth-order valence-electron chi connectivity index (χ4n) is 2.20. The molecule has 7 nitrogen and oxygen atoms in total. The average Bonchev–Trinajstić information content (AvgIpc) is 2.57. The highest BCUT2D eigenvalue weighted by Gasteiger charge is 2.11. The normalized spacial score (nSPS) is 12.5. The predicted molar refractivity (Wildman–Crippen MR) is 97.2 cm³/mol. The van der Waals surface area contributed by atoms with Gasteiger partial charge in [0.15, 0.2) is 0 Å². The number of nitrogens with zero attached hydrogens (tertiary/aromatic N) is 2. The van der Waals surface area contributed by atoms with Crippen molar-refractivity contribution in [2.45, 2.75) is 71.1 Å². The monoisotopic (exact) mass is 352 g/mol. The molecular weight excluding hydrogens is 324 g/mol. The van der Waals surface area contributed by atoms with Gasteiger partial charge in [-0.1, -0.05) is 31.9 Å². The van der Waals surface area contributed by atoms with E-state index in [1.165, 1.54) is 12.2 Å². The Hall–Kier alpha value is -2.31. The van der Waals surface area contributed by atoms with E-state index < -0.39 is 9.85 Å². The van der Waals surface area contributed by atoms with Crippen LogP contribution in [0.25, 0.3) is 0 Å². The summed E-state index contributed by atoms with van der Waals surface area (Å²) >= 11 is 0. The van der Waals surface area contributed by atoms with Gasteiger partial charge in [-0.25, -0.2) is 0 Å². The van der Waals surface area contributed by atoms with Gasteiger partial charge in [0.1, 0.15) is 6.29 Å². The Kier molecular flexibility index (Phi) is 13.8. The minimum Gasteiger partial charge on any atom is -0.303 e. The second kappa shape index (κ2) is 15.2. The van der Waals surface area contributed by atoms with Crippen molar-refractivity contribution in [3.63, 3.8) is 0 Å². The summed E-state index contributed by atoms with van der Waals surface area (Å²) in [5.74, 6) is 0. The van der Waals surface area contributed by atoms with Crippen molar-refractivity contribution in [3.05, 3.63) is 55.9 Å². The molecule has 0 unspecified atom stereocenters. The molecule has 7 heteroatoms. The minimum atomic E-state index is -0.451. The fraction of sp³-hybridized carbons (Fsp3) is 0.611. The number of rotatable bonds is 15. The Morgan fingerprint density at radius 1 is 0.880 bits per heavy atom. The molecule has 0 aromatic carbocycles. The molecule has 140 valence electrons. The van der Waals surface area contributed by atoms with Crippen molar-refractivity contribution in [1.29, 1.82) is 0 Å². The van der Waals surface area contributed by atoms with Gasteiger partial charge in [0, 0.05) is 12.8 Å². The van der Waals surface area contributed by atoms with Crippen LogP contribution in [0.5, 0.6) is 0 Å². The van der Waals surface area contributed by atoms with Crippen LogP contribution in [-0.2, 0) is 4.79 Å². The number of aldehydes is 1. The Balaban J connectivity index is 4.51. The minimum absolute atomic E-state index is 0.0386. The summed E-state index contributed by atoms with van der Waals surface area (Å²) in [5.41, 5.74) is 0.162. The smallest absolute Gasteiger partial charge is 0.246 e. The summed E-state index contributed by atoms with van der Waals surface area (Å²) in [6.07, 6.45) is 13.8. The van der Waals surface area contributed by atoms with Crippen LogP contribution in [0, 0.1) is 20.2 Å². The molecule has 0 aromatic rings. The second-order valence-electron chi connectivity index (χ2n) is 5.72. The van der Waals surface area contributed by atoms with Crippen LogP contribution in [0.4, 0.5) is 0 Å². The van der Waals surface area contributed by atoms with E-state index in [0.717, 1.165) is 44.8 Å². The van der Waals surface area contributed by atoms with Gasteiger partial charge in [0.2, 0.25) is 11.4 Å². The van der Waals surface area contributed by atoms with Gasteiger partial charge >= 0.3 is 0 Å². The summed E-state index contributed by atoms with van der Waals surface area (Å²) in [4.78, 5) is 31.3. The van der Waals surface area contributed by atoms with Gasteiger partial charge in [-0.3, -0.25) is 20.2 Å². The number of carbonyl (C=O) groups excluding carboxylic acids is 1. The van der Waals surface area contributed by atoms with Gasteiger partial charge in [-0.2, -0.15) is 0 Å². The molecular formula is C18H28N2O5. The van der Waals surface area contributed by atoms with Gasteiger partial charge in [-0.05, 0) is 44.3 Å². The van der Waals surface area contributed by atoms with Crippen LogP contribution in [0.3, 0.4) is 0 Å². The van der Waals surface area contributed by atoms with Gasteiger partial charge in [-0.15, -0.1) is 0 Å². The Morgan fingerprint density at radius 2 is 1.52 bits per heavy atom. The lowest BCUT2D eigenvalue weighted by molar-refractivity contribution is -0.428. The topological polar surface area (TPSA) is 103 Å². The van der Waals surface area contributed by atoms with Crippen LogP contribution in [-0.4, -0.2) is 16.1 Å². The Morgan fingerprint density at radius 3 is 2.12 bits per heavy atom. The van der Waals surface area contributed by atoms with Crippen LogP contribution < -0.4 is 0 Å². The first-order chi connectivity index (χ1) is 12.0. The van der Waals surface area contributed by atoms with Gasteiger partial charge in [0.05, 0.1) is 16.3 Å². The quantitative estimate of drug-likeness (QED) is 0.136. The maximum atomic E-state index is 11.0. The molecule has 0 aliphatic rings. The number of unbranched alkanes of at least 4 members (excludes halogenated alkanes) is 5. The molecule has 0 fully saturated rings. The van der Waals surface area contributed by atoms with Crippen molar-refractivity contribution in [2.24, 2.45) is 0 Å². The first kappa shape index (κ1) is 22.7. The molecule has 25 heavy (non-hydrogen) atoms. The fourth-order valence-corrected chi connectivity index (χ4v) is 2.20. The van der Waals surface area contributed by atoms with Crippen LogP contribution in [0.1, 0.15) is 71.1 Å². The van der Waals surface area contributed by atoms with Crippen LogP contribution in [0.2, 0.25) is 0 Å². The Labute approximate surface area is 148 Å². The second-order valence-corrected chi connectivity index (χ2v) is 5.72. The van der Waals surface area contributed by atoms with E-state index in [9.17, 15) is 25.0 Å². The maximum Gasteiger partial charge on any atom is 0.246 e. The molecule has 0 atom stereocenters. The third-order valence-electron chi connectivity index (χ3n) is 3.65. The van der Waals surface area contributed by atoms with E-state index in [4.69, 9.17) is 0 Å². The van der Waals surface area contributed by atoms with Gasteiger partial charge < -0.3 is 4.79 Å². The number of carbonyl (C=O) groups is 1. The van der Waals surface area contributed by atoms with Crippen molar-refractivity contribution in [1.82, 2.24) is 0 Å². The lowest BCUT2D eigenvalue weighted by Crippen LogP contribution is -2.00. The highest BCUT2D eigenvalue weighted by atomic mass is 16.6. The summed E-state index contributed by atoms with van der Waals surface area (Å²) in [6.45, 7) is 2.03. The first-order valence-electron chi connectivity index (χ1n) is 8.78. The molecule has 0 aliphatic heterocycles. The Bertz CT molecular complexity index is 510. The van der Waals surface area contributed by atoms with E-state index >= 15 is 0 Å². The molecule has 0 N–H and O–H groups in total. The van der Waals surface area contributed by atoms with E-state index in [1.54, 1.807) is 6.08 Å². The maximum absolute atomic E-state index is 11.0. The first-order valence-corrected chi connectivity index (χ1v) is 8.78. The number of hydrogen-bond donors (Lipinski definition) is 0. The number of hydrogen-bond acceptors (Lipinski definition) is 5. The zero-order valence-corrected chi connectivity index (χ0v) is 14.9. The highest BCUT2D eigenvalue weighted by Crippen LogP contribution is 2.12. The standard InChI is InChI=1S/C18H28N2O5/c1-2-3-8-12-17(19(22)23)14-11-15-18(20(24)25)13-9-6-4-5-7-10-16-21/h6,9,14-16H,2-5,7-8,10-13H2,1H3/b9-6+,17-14-,18-15-. The van der Waals surface area contributed by atoms with Crippen molar-refractivity contribution in [2.75, 3.05) is 0 Å². The molecule has 0 saturated carbocycles. The predicted octanol–water partition coefficient (Wildman–Crippen LogP) is 4.98. The van der Waals surface area contributed by atoms with Gasteiger partial charge in [0.25, 0.3) is 0 Å². The van der Waals surface area contributed by atoms with Crippen LogP contribution in [0.15, 0.2) is 35.7 Å². The highest BCUT2D eigenvalue weighted by molar-refractivity contribution is 5.48. The van der Waals surface area contributed by atoms with Crippen LogP contribution >= 0.6 is 0 Å². The molecule has 0 heterocycles. The zero-order valence-electron chi connectivity index (χ0n) is 14.9.